The molecule has 0 aliphatic rings. The minimum Gasteiger partial charge on any atom is -0.384 e. The van der Waals surface area contributed by atoms with Gasteiger partial charge in [0.05, 0.1) is 11.9 Å². The molecular formula is C10H13N3. The molecular weight excluding hydrogens is 162 g/mol. The Balaban J connectivity index is 2.46. The summed E-state index contributed by atoms with van der Waals surface area (Å²) in [7, 11) is 0. The Kier molecular flexibility index (Phi) is 3.77. The van der Waals surface area contributed by atoms with Crippen LogP contribution < -0.4 is 5.32 Å². The summed E-state index contributed by atoms with van der Waals surface area (Å²) in [6.07, 6.45) is 4.02. The molecule has 0 amide bonds. The monoisotopic (exact) mass is 175 g/mol. The van der Waals surface area contributed by atoms with Crippen LogP contribution in [0.25, 0.3) is 0 Å². The third-order valence-electron chi connectivity index (χ3n) is 1.74. The zero-order chi connectivity index (χ0) is 9.52. The van der Waals surface area contributed by atoms with Crippen molar-refractivity contribution in [2.24, 2.45) is 0 Å². The average molecular weight is 175 g/mol. The van der Waals surface area contributed by atoms with Crippen LogP contribution in [0.2, 0.25) is 0 Å². The Hall–Kier alpha value is -1.56. The van der Waals surface area contributed by atoms with Gasteiger partial charge in [-0.1, -0.05) is 13.3 Å². The summed E-state index contributed by atoms with van der Waals surface area (Å²) in [5, 5.41) is 11.7. The molecule has 1 aromatic heterocycles. The summed E-state index contributed by atoms with van der Waals surface area (Å²) in [6, 6.07) is 5.58. The molecule has 1 rings (SSSR count). The van der Waals surface area contributed by atoms with Crippen molar-refractivity contribution in [2.45, 2.75) is 19.8 Å². The fourth-order valence-corrected chi connectivity index (χ4v) is 0.974. The number of hydrogen-bond acceptors (Lipinski definition) is 3. The van der Waals surface area contributed by atoms with Crippen LogP contribution in [0.5, 0.6) is 0 Å². The quantitative estimate of drug-likeness (QED) is 0.713. The molecule has 0 aliphatic heterocycles. The Morgan fingerprint density at radius 3 is 2.92 bits per heavy atom. The van der Waals surface area contributed by atoms with E-state index in [2.05, 4.69) is 17.2 Å². The van der Waals surface area contributed by atoms with Crippen LogP contribution in [0.4, 0.5) is 5.69 Å². The number of unbranched alkanes of at least 4 members (excludes halogenated alkanes) is 1. The van der Waals surface area contributed by atoms with Gasteiger partial charge in [-0.2, -0.15) is 5.26 Å². The van der Waals surface area contributed by atoms with E-state index in [9.17, 15) is 0 Å². The van der Waals surface area contributed by atoms with E-state index < -0.39 is 0 Å². The van der Waals surface area contributed by atoms with Crippen molar-refractivity contribution in [2.75, 3.05) is 11.9 Å². The smallest absolute Gasteiger partial charge is 0.140 e. The number of aromatic nitrogens is 1. The molecule has 0 saturated heterocycles. The molecule has 1 heterocycles. The van der Waals surface area contributed by atoms with Gasteiger partial charge in [0, 0.05) is 6.54 Å². The Labute approximate surface area is 78.4 Å². The molecule has 0 saturated carbocycles. The van der Waals surface area contributed by atoms with Gasteiger partial charge in [0.15, 0.2) is 0 Å². The van der Waals surface area contributed by atoms with E-state index in [-0.39, 0.29) is 0 Å². The Bertz CT molecular complexity index is 284. The lowest BCUT2D eigenvalue weighted by atomic mass is 10.3. The minimum atomic E-state index is 0.459. The first-order chi connectivity index (χ1) is 6.36. The number of anilines is 1. The SMILES string of the molecule is CCCCNc1ccc(C#N)nc1. The highest BCUT2D eigenvalue weighted by Crippen LogP contribution is 2.05. The van der Waals surface area contributed by atoms with Gasteiger partial charge in [-0.25, -0.2) is 4.98 Å². The molecule has 1 aromatic rings. The fraction of sp³-hybridized carbons (Fsp3) is 0.400. The summed E-state index contributed by atoms with van der Waals surface area (Å²) in [4.78, 5) is 3.95. The molecule has 0 fully saturated rings. The van der Waals surface area contributed by atoms with Crippen LogP contribution in [0, 0.1) is 11.3 Å². The summed E-state index contributed by atoms with van der Waals surface area (Å²) in [5.74, 6) is 0. The van der Waals surface area contributed by atoms with E-state index in [1.54, 1.807) is 12.3 Å². The van der Waals surface area contributed by atoms with Gasteiger partial charge in [0.25, 0.3) is 0 Å². The molecule has 0 aliphatic carbocycles. The summed E-state index contributed by atoms with van der Waals surface area (Å²) in [5.41, 5.74) is 1.44. The summed E-state index contributed by atoms with van der Waals surface area (Å²) < 4.78 is 0. The van der Waals surface area contributed by atoms with Crippen LogP contribution >= 0.6 is 0 Å². The van der Waals surface area contributed by atoms with Gasteiger partial charge in [-0.15, -0.1) is 0 Å². The van der Waals surface area contributed by atoms with Gasteiger partial charge < -0.3 is 5.32 Å². The summed E-state index contributed by atoms with van der Waals surface area (Å²) >= 11 is 0. The maximum absolute atomic E-state index is 8.51. The highest BCUT2D eigenvalue weighted by Gasteiger charge is 1.92. The van der Waals surface area contributed by atoms with E-state index in [0.29, 0.717) is 5.69 Å². The second-order valence-electron chi connectivity index (χ2n) is 2.82. The lowest BCUT2D eigenvalue weighted by Crippen LogP contribution is -2.01. The second-order valence-corrected chi connectivity index (χ2v) is 2.82. The van der Waals surface area contributed by atoms with Crippen molar-refractivity contribution in [1.29, 1.82) is 5.26 Å². The predicted octanol–water partition coefficient (Wildman–Crippen LogP) is 2.17. The Morgan fingerprint density at radius 1 is 1.54 bits per heavy atom. The number of nitriles is 1. The second kappa shape index (κ2) is 5.15. The fourth-order valence-electron chi connectivity index (χ4n) is 0.974. The van der Waals surface area contributed by atoms with Crippen LogP contribution in [0.3, 0.4) is 0 Å². The van der Waals surface area contributed by atoms with Gasteiger partial charge >= 0.3 is 0 Å². The van der Waals surface area contributed by atoms with Gasteiger partial charge in [-0.05, 0) is 18.6 Å². The maximum Gasteiger partial charge on any atom is 0.140 e. The predicted molar refractivity (Wildman–Crippen MR) is 52.3 cm³/mol. The number of pyridine rings is 1. The molecule has 1 N–H and O–H groups in total. The first-order valence-electron chi connectivity index (χ1n) is 4.47. The average Bonchev–Trinajstić information content (AvgIpc) is 2.19. The molecule has 3 nitrogen and oxygen atoms in total. The normalized spacial score (nSPS) is 9.23. The molecule has 0 spiro atoms. The van der Waals surface area contributed by atoms with Gasteiger partial charge in [0.2, 0.25) is 0 Å². The molecule has 3 heteroatoms. The first kappa shape index (κ1) is 9.53. The zero-order valence-corrected chi connectivity index (χ0v) is 7.75. The van der Waals surface area contributed by atoms with E-state index in [1.165, 1.54) is 6.42 Å². The van der Waals surface area contributed by atoms with E-state index >= 15 is 0 Å². The highest BCUT2D eigenvalue weighted by molar-refractivity contribution is 5.42. The lowest BCUT2D eigenvalue weighted by molar-refractivity contribution is 0.834. The van der Waals surface area contributed by atoms with Gasteiger partial charge in [0.1, 0.15) is 11.8 Å². The van der Waals surface area contributed by atoms with Crippen LogP contribution in [-0.2, 0) is 0 Å². The van der Waals surface area contributed by atoms with Crippen LogP contribution in [0.1, 0.15) is 25.5 Å². The molecule has 68 valence electrons. The van der Waals surface area contributed by atoms with Crippen LogP contribution in [0.15, 0.2) is 18.3 Å². The topological polar surface area (TPSA) is 48.7 Å². The molecule has 0 bridgehead atoms. The van der Waals surface area contributed by atoms with Gasteiger partial charge in [-0.3, -0.25) is 0 Å². The molecule has 0 aromatic carbocycles. The summed E-state index contributed by atoms with van der Waals surface area (Å²) in [6.45, 7) is 3.11. The zero-order valence-electron chi connectivity index (χ0n) is 7.75. The van der Waals surface area contributed by atoms with Crippen LogP contribution in [-0.4, -0.2) is 11.5 Å². The van der Waals surface area contributed by atoms with Crippen molar-refractivity contribution in [3.63, 3.8) is 0 Å². The molecule has 0 atom stereocenters. The van der Waals surface area contributed by atoms with E-state index in [4.69, 9.17) is 5.26 Å². The first-order valence-corrected chi connectivity index (χ1v) is 4.47. The number of nitrogens with zero attached hydrogens (tertiary/aromatic N) is 2. The third-order valence-corrected chi connectivity index (χ3v) is 1.74. The standard InChI is InChI=1S/C10H13N3/c1-2-3-6-12-10-5-4-9(7-11)13-8-10/h4-5,8,12H,2-3,6H2,1H3. The van der Waals surface area contributed by atoms with Crippen molar-refractivity contribution < 1.29 is 0 Å². The van der Waals surface area contributed by atoms with E-state index in [0.717, 1.165) is 18.7 Å². The van der Waals surface area contributed by atoms with Crippen molar-refractivity contribution in [3.05, 3.63) is 24.0 Å². The van der Waals surface area contributed by atoms with Crippen molar-refractivity contribution >= 4 is 5.69 Å². The molecule has 0 unspecified atom stereocenters. The largest absolute Gasteiger partial charge is 0.384 e. The number of nitrogens with one attached hydrogen (secondary N) is 1. The number of hydrogen-bond donors (Lipinski definition) is 1. The molecule has 0 radical (unpaired) electrons. The molecule has 13 heavy (non-hydrogen) atoms. The van der Waals surface area contributed by atoms with Crippen molar-refractivity contribution in [1.82, 2.24) is 4.98 Å². The van der Waals surface area contributed by atoms with Crippen molar-refractivity contribution in [3.8, 4) is 6.07 Å². The Morgan fingerprint density at radius 2 is 2.38 bits per heavy atom. The third kappa shape index (κ3) is 3.12. The van der Waals surface area contributed by atoms with E-state index in [1.807, 2.05) is 12.1 Å². The highest BCUT2D eigenvalue weighted by atomic mass is 14.9. The maximum atomic E-state index is 8.51. The number of rotatable bonds is 4. The lowest BCUT2D eigenvalue weighted by Gasteiger charge is -2.03. The minimum absolute atomic E-state index is 0.459.